The van der Waals surface area contributed by atoms with E-state index in [9.17, 15) is 13.2 Å². The van der Waals surface area contributed by atoms with Gasteiger partial charge in [0.15, 0.2) is 0 Å². The third kappa shape index (κ3) is 3.87. The summed E-state index contributed by atoms with van der Waals surface area (Å²) in [6, 6.07) is 5.82. The molecule has 112 valence electrons. The van der Waals surface area contributed by atoms with E-state index in [4.69, 9.17) is 5.14 Å². The van der Waals surface area contributed by atoms with Crippen molar-refractivity contribution in [2.45, 2.75) is 24.8 Å². The molecule has 6 nitrogen and oxygen atoms in total. The summed E-state index contributed by atoms with van der Waals surface area (Å²) in [6.45, 7) is 3.58. The number of nitrogens with one attached hydrogen (secondary N) is 1. The van der Waals surface area contributed by atoms with Crippen LogP contribution in [0, 0.1) is 6.92 Å². The minimum Gasteiger partial charge on any atom is -0.344 e. The van der Waals surface area contributed by atoms with Crippen LogP contribution in [0.1, 0.15) is 34.0 Å². The summed E-state index contributed by atoms with van der Waals surface area (Å²) in [6.07, 6.45) is 0. The van der Waals surface area contributed by atoms with Crippen molar-refractivity contribution >= 4 is 27.3 Å². The van der Waals surface area contributed by atoms with Crippen LogP contribution in [0.15, 0.2) is 34.5 Å². The van der Waals surface area contributed by atoms with E-state index in [-0.39, 0.29) is 16.8 Å². The van der Waals surface area contributed by atoms with Crippen molar-refractivity contribution < 1.29 is 13.2 Å². The van der Waals surface area contributed by atoms with Gasteiger partial charge in [-0.15, -0.1) is 11.3 Å². The average molecular weight is 325 g/mol. The highest BCUT2D eigenvalue weighted by molar-refractivity contribution is 7.89. The van der Waals surface area contributed by atoms with Gasteiger partial charge in [0, 0.05) is 5.38 Å². The molecule has 0 radical (unpaired) electrons. The molecule has 2 aromatic rings. The number of hydrogen-bond acceptors (Lipinski definition) is 5. The fourth-order valence-corrected chi connectivity index (χ4v) is 2.94. The Morgan fingerprint density at radius 3 is 2.71 bits per heavy atom. The van der Waals surface area contributed by atoms with E-state index < -0.39 is 10.0 Å². The van der Waals surface area contributed by atoms with Gasteiger partial charge in [0.25, 0.3) is 5.91 Å². The van der Waals surface area contributed by atoms with E-state index in [1.165, 1.54) is 23.5 Å². The van der Waals surface area contributed by atoms with Crippen LogP contribution in [0.5, 0.6) is 0 Å². The SMILES string of the molecule is Cc1nc(C(=O)NC(C)c2cccc(S(N)(=O)=O)c2)cs1. The summed E-state index contributed by atoms with van der Waals surface area (Å²) in [4.78, 5) is 16.1. The Balaban J connectivity index is 2.17. The molecule has 1 aromatic heterocycles. The zero-order valence-electron chi connectivity index (χ0n) is 11.5. The third-order valence-corrected chi connectivity index (χ3v) is 4.57. The van der Waals surface area contributed by atoms with Crippen molar-refractivity contribution in [3.63, 3.8) is 0 Å². The van der Waals surface area contributed by atoms with E-state index in [2.05, 4.69) is 10.3 Å². The Labute approximate surface area is 127 Å². The molecule has 0 saturated heterocycles. The highest BCUT2D eigenvalue weighted by Crippen LogP contribution is 2.17. The third-order valence-electron chi connectivity index (χ3n) is 2.89. The number of nitrogens with zero attached hydrogens (tertiary/aromatic N) is 1. The Bertz CT molecular complexity index is 768. The zero-order chi connectivity index (χ0) is 15.6. The maximum atomic E-state index is 12.0. The van der Waals surface area contributed by atoms with Crippen molar-refractivity contribution in [2.24, 2.45) is 5.14 Å². The second-order valence-corrected chi connectivity index (χ2v) is 7.19. The molecule has 0 bridgehead atoms. The molecule has 3 N–H and O–H groups in total. The van der Waals surface area contributed by atoms with E-state index in [0.717, 1.165) is 5.01 Å². The second kappa shape index (κ2) is 5.92. The van der Waals surface area contributed by atoms with Gasteiger partial charge in [0.05, 0.1) is 15.9 Å². The molecule has 0 aliphatic heterocycles. The van der Waals surface area contributed by atoms with Crippen molar-refractivity contribution in [3.05, 3.63) is 45.9 Å². The van der Waals surface area contributed by atoms with Crippen molar-refractivity contribution in [3.8, 4) is 0 Å². The predicted octanol–water partition coefficient (Wildman–Crippen LogP) is 1.59. The van der Waals surface area contributed by atoms with Crippen molar-refractivity contribution in [2.75, 3.05) is 0 Å². The number of thiazole rings is 1. The first kappa shape index (κ1) is 15.6. The van der Waals surface area contributed by atoms with Crippen LogP contribution in [0.3, 0.4) is 0 Å². The second-order valence-electron chi connectivity index (χ2n) is 4.56. The van der Waals surface area contributed by atoms with E-state index >= 15 is 0 Å². The average Bonchev–Trinajstić information content (AvgIpc) is 2.84. The minimum absolute atomic E-state index is 0.0191. The number of carbonyl (C=O) groups is 1. The normalized spacial score (nSPS) is 12.9. The quantitative estimate of drug-likeness (QED) is 0.891. The highest BCUT2D eigenvalue weighted by atomic mass is 32.2. The number of primary sulfonamides is 1. The largest absolute Gasteiger partial charge is 0.344 e. The zero-order valence-corrected chi connectivity index (χ0v) is 13.2. The number of aromatic nitrogens is 1. The van der Waals surface area contributed by atoms with Crippen LogP contribution in [-0.2, 0) is 10.0 Å². The molecule has 21 heavy (non-hydrogen) atoms. The van der Waals surface area contributed by atoms with Gasteiger partial charge in [-0.1, -0.05) is 12.1 Å². The maximum Gasteiger partial charge on any atom is 0.271 e. The number of benzene rings is 1. The molecule has 0 fully saturated rings. The topological polar surface area (TPSA) is 102 Å². The molecular weight excluding hydrogens is 310 g/mol. The smallest absolute Gasteiger partial charge is 0.271 e. The monoisotopic (exact) mass is 325 g/mol. The lowest BCUT2D eigenvalue weighted by molar-refractivity contribution is 0.0935. The Morgan fingerprint density at radius 2 is 2.14 bits per heavy atom. The lowest BCUT2D eigenvalue weighted by atomic mass is 10.1. The number of sulfonamides is 1. The van der Waals surface area contributed by atoms with Crippen LogP contribution in [-0.4, -0.2) is 19.3 Å². The summed E-state index contributed by atoms with van der Waals surface area (Å²) >= 11 is 1.39. The van der Waals surface area contributed by atoms with Crippen molar-refractivity contribution in [1.29, 1.82) is 0 Å². The highest BCUT2D eigenvalue weighted by Gasteiger charge is 2.15. The number of nitrogens with two attached hydrogens (primary N) is 1. The predicted molar refractivity (Wildman–Crippen MR) is 80.5 cm³/mol. The fraction of sp³-hybridized carbons (Fsp3) is 0.231. The molecule has 0 saturated carbocycles. The van der Waals surface area contributed by atoms with Gasteiger partial charge < -0.3 is 5.32 Å². The molecule has 1 amide bonds. The number of hydrogen-bond donors (Lipinski definition) is 2. The molecule has 1 atom stereocenters. The van der Waals surface area contributed by atoms with E-state index in [1.54, 1.807) is 24.4 Å². The van der Waals surface area contributed by atoms with Crippen molar-refractivity contribution in [1.82, 2.24) is 10.3 Å². The standard InChI is InChI=1S/C13H15N3O3S2/c1-8(15-13(17)12-7-20-9(2)16-12)10-4-3-5-11(6-10)21(14,18)19/h3-8H,1-2H3,(H,15,17)(H2,14,18,19). The Hall–Kier alpha value is -1.77. The molecule has 0 spiro atoms. The molecule has 1 unspecified atom stereocenters. The van der Waals surface area contributed by atoms with E-state index in [0.29, 0.717) is 11.3 Å². The van der Waals surface area contributed by atoms with Gasteiger partial charge in [-0.2, -0.15) is 0 Å². The Morgan fingerprint density at radius 1 is 1.43 bits per heavy atom. The van der Waals surface area contributed by atoms with Gasteiger partial charge in [0.1, 0.15) is 5.69 Å². The first-order valence-corrected chi connectivity index (χ1v) is 8.56. The summed E-state index contributed by atoms with van der Waals surface area (Å²) < 4.78 is 22.7. The Kier molecular flexibility index (Phi) is 4.40. The summed E-state index contributed by atoms with van der Waals surface area (Å²) in [7, 11) is -3.76. The van der Waals surface area contributed by atoms with Crippen LogP contribution < -0.4 is 10.5 Å². The van der Waals surface area contributed by atoms with Crippen LogP contribution in [0.25, 0.3) is 0 Å². The van der Waals surface area contributed by atoms with Gasteiger partial charge in [-0.25, -0.2) is 18.5 Å². The van der Waals surface area contributed by atoms with Gasteiger partial charge in [-0.3, -0.25) is 4.79 Å². The molecule has 0 aliphatic rings. The summed E-state index contributed by atoms with van der Waals surface area (Å²) in [5, 5.41) is 10.4. The van der Waals surface area contributed by atoms with Gasteiger partial charge in [0.2, 0.25) is 10.0 Å². The molecule has 2 rings (SSSR count). The maximum absolute atomic E-state index is 12.0. The van der Waals surface area contributed by atoms with Gasteiger partial charge in [-0.05, 0) is 31.5 Å². The number of rotatable bonds is 4. The number of aryl methyl sites for hydroxylation is 1. The molecule has 1 heterocycles. The van der Waals surface area contributed by atoms with Crippen LogP contribution >= 0.6 is 11.3 Å². The first-order chi connectivity index (χ1) is 9.77. The first-order valence-electron chi connectivity index (χ1n) is 6.13. The number of carbonyl (C=O) groups excluding carboxylic acids is 1. The van der Waals surface area contributed by atoms with Crippen LogP contribution in [0.4, 0.5) is 0 Å². The lowest BCUT2D eigenvalue weighted by Gasteiger charge is -2.14. The summed E-state index contributed by atoms with van der Waals surface area (Å²) in [5.41, 5.74) is 1.01. The fourth-order valence-electron chi connectivity index (χ4n) is 1.78. The summed E-state index contributed by atoms with van der Waals surface area (Å²) in [5.74, 6) is -0.298. The number of amides is 1. The van der Waals surface area contributed by atoms with E-state index in [1.807, 2.05) is 6.92 Å². The molecule has 0 aliphatic carbocycles. The lowest BCUT2D eigenvalue weighted by Crippen LogP contribution is -2.27. The molecule has 1 aromatic carbocycles. The van der Waals surface area contributed by atoms with Gasteiger partial charge >= 0.3 is 0 Å². The molecular formula is C13H15N3O3S2. The minimum atomic E-state index is -3.76. The molecule has 8 heteroatoms. The van der Waals surface area contributed by atoms with Crippen LogP contribution in [0.2, 0.25) is 0 Å².